The topological polar surface area (TPSA) is 76.3 Å². The zero-order chi connectivity index (χ0) is 14.9. The van der Waals surface area contributed by atoms with E-state index in [4.69, 9.17) is 11.6 Å². The first-order valence-corrected chi connectivity index (χ1v) is 6.85. The van der Waals surface area contributed by atoms with Crippen molar-refractivity contribution >= 4 is 23.2 Å². The molecule has 1 aromatic heterocycles. The van der Waals surface area contributed by atoms with Gasteiger partial charge in [0.25, 0.3) is 11.6 Å². The summed E-state index contributed by atoms with van der Waals surface area (Å²) in [5, 5.41) is 11.1. The van der Waals surface area contributed by atoms with Crippen LogP contribution in [0.3, 0.4) is 0 Å². The number of amides is 1. The van der Waals surface area contributed by atoms with Gasteiger partial charge in [-0.1, -0.05) is 25.4 Å². The molecular formula is C13H16ClN3O3. The first-order chi connectivity index (χ1) is 9.38. The van der Waals surface area contributed by atoms with E-state index in [-0.39, 0.29) is 22.3 Å². The zero-order valence-electron chi connectivity index (χ0n) is 11.4. The molecule has 1 saturated heterocycles. The minimum atomic E-state index is -0.604. The number of nitro groups is 1. The summed E-state index contributed by atoms with van der Waals surface area (Å²) in [6, 6.07) is 1.27. The van der Waals surface area contributed by atoms with Gasteiger partial charge in [0.15, 0.2) is 0 Å². The van der Waals surface area contributed by atoms with Gasteiger partial charge in [-0.3, -0.25) is 14.9 Å². The molecule has 0 saturated carbocycles. The Hall–Kier alpha value is -1.69. The Morgan fingerprint density at radius 1 is 1.45 bits per heavy atom. The number of halogens is 1. The molecule has 0 spiro atoms. The van der Waals surface area contributed by atoms with Crippen LogP contribution >= 0.6 is 11.6 Å². The van der Waals surface area contributed by atoms with Crippen LogP contribution in [-0.4, -0.2) is 33.8 Å². The highest BCUT2D eigenvalue weighted by Crippen LogP contribution is 2.26. The van der Waals surface area contributed by atoms with Gasteiger partial charge < -0.3 is 4.90 Å². The third-order valence-corrected chi connectivity index (χ3v) is 3.64. The summed E-state index contributed by atoms with van der Waals surface area (Å²) in [6.45, 7) is 5.37. The van der Waals surface area contributed by atoms with Crippen LogP contribution in [0.1, 0.15) is 30.6 Å². The van der Waals surface area contributed by atoms with Crippen LogP contribution in [0.5, 0.6) is 0 Å². The molecule has 1 amide bonds. The van der Waals surface area contributed by atoms with Gasteiger partial charge in [-0.2, -0.15) is 0 Å². The first-order valence-electron chi connectivity index (χ1n) is 6.47. The van der Waals surface area contributed by atoms with E-state index >= 15 is 0 Å². The summed E-state index contributed by atoms with van der Waals surface area (Å²) in [4.78, 5) is 28.2. The lowest BCUT2D eigenvalue weighted by atomic mass is 9.91. The Morgan fingerprint density at radius 2 is 2.05 bits per heavy atom. The van der Waals surface area contributed by atoms with Crippen molar-refractivity contribution in [3.63, 3.8) is 0 Å². The van der Waals surface area contributed by atoms with Crippen molar-refractivity contribution in [1.82, 2.24) is 9.88 Å². The molecule has 0 radical (unpaired) electrons. The molecule has 0 aromatic carbocycles. The third kappa shape index (κ3) is 3.07. The normalized spacial score (nSPS) is 22.6. The molecule has 1 aliphatic heterocycles. The molecule has 1 fully saturated rings. The molecule has 20 heavy (non-hydrogen) atoms. The van der Waals surface area contributed by atoms with Crippen molar-refractivity contribution in [2.24, 2.45) is 11.8 Å². The predicted octanol–water partition coefficient (Wildman–Crippen LogP) is 2.76. The Balaban J connectivity index is 2.33. The van der Waals surface area contributed by atoms with Crippen LogP contribution in [0, 0.1) is 22.0 Å². The van der Waals surface area contributed by atoms with Gasteiger partial charge in [-0.25, -0.2) is 4.98 Å². The SMILES string of the molecule is CC1CC(C)CN(C(=O)c2cc(Cl)ncc2[N+](=O)[O-])C1. The molecule has 1 aromatic rings. The zero-order valence-corrected chi connectivity index (χ0v) is 12.1. The number of hydrogen-bond donors (Lipinski definition) is 0. The molecule has 0 aliphatic carbocycles. The molecular weight excluding hydrogens is 282 g/mol. The first kappa shape index (κ1) is 14.7. The highest BCUT2D eigenvalue weighted by molar-refractivity contribution is 6.29. The Kier molecular flexibility index (Phi) is 4.23. The van der Waals surface area contributed by atoms with Crippen LogP contribution in [0.4, 0.5) is 5.69 Å². The van der Waals surface area contributed by atoms with Crippen LogP contribution < -0.4 is 0 Å². The van der Waals surface area contributed by atoms with Gasteiger partial charge in [0.1, 0.15) is 16.9 Å². The summed E-state index contributed by atoms with van der Waals surface area (Å²) < 4.78 is 0. The van der Waals surface area contributed by atoms with E-state index in [9.17, 15) is 14.9 Å². The van der Waals surface area contributed by atoms with E-state index in [1.54, 1.807) is 4.90 Å². The summed E-state index contributed by atoms with van der Waals surface area (Å²) in [5.74, 6) is 0.428. The van der Waals surface area contributed by atoms with E-state index in [1.807, 2.05) is 0 Å². The Labute approximate surface area is 121 Å². The molecule has 1 aliphatic rings. The fourth-order valence-electron chi connectivity index (χ4n) is 2.74. The maximum Gasteiger partial charge on any atom is 0.300 e. The molecule has 108 valence electrons. The number of carbonyl (C=O) groups is 1. The highest BCUT2D eigenvalue weighted by Gasteiger charge is 2.30. The number of rotatable bonds is 2. The maximum atomic E-state index is 12.5. The van der Waals surface area contributed by atoms with E-state index in [1.165, 1.54) is 6.07 Å². The number of pyridine rings is 1. The minimum Gasteiger partial charge on any atom is -0.338 e. The second-order valence-electron chi connectivity index (χ2n) is 5.44. The Morgan fingerprint density at radius 3 is 2.60 bits per heavy atom. The number of aromatic nitrogens is 1. The van der Waals surface area contributed by atoms with E-state index in [0.29, 0.717) is 24.9 Å². The summed E-state index contributed by atoms with van der Waals surface area (Å²) in [6.07, 6.45) is 2.09. The van der Waals surface area contributed by atoms with E-state index in [0.717, 1.165) is 12.6 Å². The number of hydrogen-bond acceptors (Lipinski definition) is 4. The molecule has 7 heteroatoms. The summed E-state index contributed by atoms with van der Waals surface area (Å²) >= 11 is 5.76. The lowest BCUT2D eigenvalue weighted by Crippen LogP contribution is -2.42. The van der Waals surface area contributed by atoms with Gasteiger partial charge in [0, 0.05) is 13.1 Å². The van der Waals surface area contributed by atoms with Crippen molar-refractivity contribution < 1.29 is 9.72 Å². The number of likely N-dealkylation sites (tertiary alicyclic amines) is 1. The fourth-order valence-corrected chi connectivity index (χ4v) is 2.90. The monoisotopic (exact) mass is 297 g/mol. The minimum absolute atomic E-state index is 0.0105. The number of piperidine rings is 1. The summed E-state index contributed by atoms with van der Waals surface area (Å²) in [5.41, 5.74) is -0.290. The van der Waals surface area contributed by atoms with Crippen LogP contribution in [0.2, 0.25) is 5.15 Å². The van der Waals surface area contributed by atoms with Crippen LogP contribution in [0.25, 0.3) is 0 Å². The average Bonchev–Trinajstić information content (AvgIpc) is 2.36. The van der Waals surface area contributed by atoms with Crippen LogP contribution in [-0.2, 0) is 0 Å². The lowest BCUT2D eigenvalue weighted by molar-refractivity contribution is -0.385. The van der Waals surface area contributed by atoms with Crippen LogP contribution in [0.15, 0.2) is 12.3 Å². The van der Waals surface area contributed by atoms with Gasteiger partial charge in [-0.15, -0.1) is 0 Å². The molecule has 0 N–H and O–H groups in total. The van der Waals surface area contributed by atoms with Crippen molar-refractivity contribution in [3.8, 4) is 0 Å². The maximum absolute atomic E-state index is 12.5. The second-order valence-corrected chi connectivity index (χ2v) is 5.82. The largest absolute Gasteiger partial charge is 0.338 e. The lowest BCUT2D eigenvalue weighted by Gasteiger charge is -2.34. The second kappa shape index (κ2) is 5.75. The molecule has 2 heterocycles. The standard InChI is InChI=1S/C13H16ClN3O3/c1-8-3-9(2)7-16(6-8)13(18)10-4-12(14)15-5-11(10)17(19)20/h4-5,8-9H,3,6-7H2,1-2H3. The van der Waals surface area contributed by atoms with Crippen molar-refractivity contribution in [2.45, 2.75) is 20.3 Å². The molecule has 0 bridgehead atoms. The Bertz CT molecular complexity index is 540. The van der Waals surface area contributed by atoms with Gasteiger partial charge in [-0.05, 0) is 24.3 Å². The van der Waals surface area contributed by atoms with Gasteiger partial charge in [0.05, 0.1) is 4.92 Å². The van der Waals surface area contributed by atoms with Gasteiger partial charge >= 0.3 is 0 Å². The molecule has 6 nitrogen and oxygen atoms in total. The van der Waals surface area contributed by atoms with Crippen molar-refractivity contribution in [2.75, 3.05) is 13.1 Å². The summed E-state index contributed by atoms with van der Waals surface area (Å²) in [7, 11) is 0. The smallest absolute Gasteiger partial charge is 0.300 e. The fraction of sp³-hybridized carbons (Fsp3) is 0.538. The van der Waals surface area contributed by atoms with E-state index in [2.05, 4.69) is 18.8 Å². The number of carbonyl (C=O) groups excluding carboxylic acids is 1. The third-order valence-electron chi connectivity index (χ3n) is 3.43. The van der Waals surface area contributed by atoms with Crippen molar-refractivity contribution in [1.29, 1.82) is 0 Å². The number of nitrogens with zero attached hydrogens (tertiary/aromatic N) is 3. The quantitative estimate of drug-likeness (QED) is 0.478. The molecule has 2 unspecified atom stereocenters. The molecule has 2 atom stereocenters. The van der Waals surface area contributed by atoms with Crippen molar-refractivity contribution in [3.05, 3.63) is 33.1 Å². The predicted molar refractivity (Wildman–Crippen MR) is 74.7 cm³/mol. The van der Waals surface area contributed by atoms with Gasteiger partial charge in [0.2, 0.25) is 0 Å². The highest BCUT2D eigenvalue weighted by atomic mass is 35.5. The molecule has 2 rings (SSSR count). The average molecular weight is 298 g/mol. The van der Waals surface area contributed by atoms with E-state index < -0.39 is 4.92 Å².